The zero-order chi connectivity index (χ0) is 27.0. The Labute approximate surface area is 223 Å². The summed E-state index contributed by atoms with van der Waals surface area (Å²) in [7, 11) is -3.83. The van der Waals surface area contributed by atoms with Crippen LogP contribution in [-0.4, -0.2) is 56.6 Å². The molecule has 0 heterocycles. The lowest BCUT2D eigenvalue weighted by Gasteiger charge is -2.32. The highest BCUT2D eigenvalue weighted by molar-refractivity contribution is 7.92. The highest BCUT2D eigenvalue weighted by Gasteiger charge is 2.30. The van der Waals surface area contributed by atoms with Crippen molar-refractivity contribution in [1.82, 2.24) is 10.2 Å². The lowest BCUT2D eigenvalue weighted by molar-refractivity contribution is -0.139. The molecule has 36 heavy (non-hydrogen) atoms. The lowest BCUT2D eigenvalue weighted by Crippen LogP contribution is -2.52. The van der Waals surface area contributed by atoms with Gasteiger partial charge in [0.2, 0.25) is 21.8 Å². The van der Waals surface area contributed by atoms with E-state index in [9.17, 15) is 18.0 Å². The van der Waals surface area contributed by atoms with E-state index in [4.69, 9.17) is 27.9 Å². The summed E-state index contributed by atoms with van der Waals surface area (Å²) >= 11 is 12.4. The van der Waals surface area contributed by atoms with E-state index in [2.05, 4.69) is 5.32 Å². The van der Waals surface area contributed by atoms with Crippen LogP contribution in [0.3, 0.4) is 0 Å². The molecular formula is C25H33Cl2N3O5S. The zero-order valence-electron chi connectivity index (χ0n) is 21.1. The fourth-order valence-corrected chi connectivity index (χ4v) is 4.69. The summed E-state index contributed by atoms with van der Waals surface area (Å²) in [4.78, 5) is 27.8. The topological polar surface area (TPSA) is 96.0 Å². The third kappa shape index (κ3) is 8.28. The third-order valence-corrected chi connectivity index (χ3v) is 7.37. The van der Waals surface area contributed by atoms with E-state index >= 15 is 0 Å². The van der Waals surface area contributed by atoms with Crippen LogP contribution in [0.15, 0.2) is 42.5 Å². The lowest BCUT2D eigenvalue weighted by atomic mass is 10.1. The number of hydrogen-bond donors (Lipinski definition) is 1. The molecule has 1 N–H and O–H groups in total. The maximum Gasteiger partial charge on any atom is 0.244 e. The van der Waals surface area contributed by atoms with Crippen molar-refractivity contribution in [3.05, 3.63) is 58.1 Å². The van der Waals surface area contributed by atoms with Gasteiger partial charge < -0.3 is 15.0 Å². The standard InChI is InChI=1S/C25H33Cl2N3O5S/c1-6-17(3)28-25(32)18(4)29(15-19-8-9-20(26)14-23(19)27)24(31)16-30(36(5,33)34)21-10-12-22(13-11-21)35-7-2/h8-14,17-18H,6-7,15-16H2,1-5H3,(H,28,32)/t17-,18+/m0/s1. The Hall–Kier alpha value is -2.49. The summed E-state index contributed by atoms with van der Waals surface area (Å²) in [6.07, 6.45) is 1.74. The van der Waals surface area contributed by atoms with Crippen molar-refractivity contribution >= 4 is 50.7 Å². The summed E-state index contributed by atoms with van der Waals surface area (Å²) in [5.41, 5.74) is 0.875. The van der Waals surface area contributed by atoms with Crippen molar-refractivity contribution in [2.24, 2.45) is 0 Å². The minimum Gasteiger partial charge on any atom is -0.494 e. The molecule has 2 atom stereocenters. The van der Waals surface area contributed by atoms with Gasteiger partial charge in [0.1, 0.15) is 18.3 Å². The van der Waals surface area contributed by atoms with Gasteiger partial charge in [-0.25, -0.2) is 8.42 Å². The van der Waals surface area contributed by atoms with Crippen molar-refractivity contribution in [2.75, 3.05) is 23.7 Å². The normalized spacial score (nSPS) is 13.0. The quantitative estimate of drug-likeness (QED) is 0.414. The molecule has 0 bridgehead atoms. The average molecular weight is 559 g/mol. The van der Waals surface area contributed by atoms with E-state index in [0.717, 1.165) is 17.0 Å². The number of halogens is 2. The van der Waals surface area contributed by atoms with Gasteiger partial charge in [0.25, 0.3) is 0 Å². The number of nitrogens with one attached hydrogen (secondary N) is 1. The van der Waals surface area contributed by atoms with Gasteiger partial charge in [-0.15, -0.1) is 0 Å². The number of rotatable bonds is 12. The first-order valence-electron chi connectivity index (χ1n) is 11.6. The van der Waals surface area contributed by atoms with Gasteiger partial charge in [0.15, 0.2) is 0 Å². The van der Waals surface area contributed by atoms with Crippen LogP contribution in [0, 0.1) is 0 Å². The third-order valence-electron chi connectivity index (χ3n) is 5.64. The molecule has 0 saturated carbocycles. The van der Waals surface area contributed by atoms with Crippen LogP contribution in [0.5, 0.6) is 5.75 Å². The number of amides is 2. The Bertz CT molecular complexity index is 1160. The molecule has 11 heteroatoms. The Balaban J connectivity index is 2.40. The van der Waals surface area contributed by atoms with Crippen LogP contribution in [-0.2, 0) is 26.2 Å². The summed E-state index contributed by atoms with van der Waals surface area (Å²) in [5, 5.41) is 3.64. The van der Waals surface area contributed by atoms with Gasteiger partial charge in [0, 0.05) is 22.6 Å². The second kappa shape index (κ2) is 13.2. The summed E-state index contributed by atoms with van der Waals surface area (Å²) in [6.45, 7) is 7.20. The van der Waals surface area contributed by atoms with E-state index in [1.54, 1.807) is 49.4 Å². The Kier molecular flexibility index (Phi) is 10.9. The summed E-state index contributed by atoms with van der Waals surface area (Å²) < 4.78 is 31.7. The minimum absolute atomic E-state index is 0.00912. The number of carbonyl (C=O) groups excluding carboxylic acids is 2. The Morgan fingerprint density at radius 3 is 2.22 bits per heavy atom. The van der Waals surface area contributed by atoms with Crippen molar-refractivity contribution in [3.8, 4) is 5.75 Å². The molecule has 0 radical (unpaired) electrons. The SMILES string of the molecule is CCOc1ccc(N(CC(=O)N(Cc2ccc(Cl)cc2Cl)[C@H](C)C(=O)N[C@@H](C)CC)S(C)(=O)=O)cc1. The molecule has 2 aromatic rings. The van der Waals surface area contributed by atoms with Gasteiger partial charge in [0.05, 0.1) is 18.6 Å². The molecule has 2 amide bonds. The van der Waals surface area contributed by atoms with Crippen LogP contribution < -0.4 is 14.4 Å². The molecule has 2 rings (SSSR count). The fraction of sp³-hybridized carbons (Fsp3) is 0.440. The van der Waals surface area contributed by atoms with E-state index < -0.39 is 28.5 Å². The largest absolute Gasteiger partial charge is 0.494 e. The predicted octanol–water partition coefficient (Wildman–Crippen LogP) is 4.49. The molecule has 8 nitrogen and oxygen atoms in total. The van der Waals surface area contributed by atoms with E-state index in [0.29, 0.717) is 33.7 Å². The second-order valence-electron chi connectivity index (χ2n) is 8.45. The van der Waals surface area contributed by atoms with Crippen LogP contribution in [0.25, 0.3) is 0 Å². The van der Waals surface area contributed by atoms with Gasteiger partial charge in [-0.3, -0.25) is 13.9 Å². The smallest absolute Gasteiger partial charge is 0.244 e. The molecule has 0 spiro atoms. The second-order valence-corrected chi connectivity index (χ2v) is 11.2. The molecule has 0 fully saturated rings. The van der Waals surface area contributed by atoms with Gasteiger partial charge in [-0.2, -0.15) is 0 Å². The van der Waals surface area contributed by atoms with Gasteiger partial charge in [-0.05, 0) is 69.2 Å². The zero-order valence-corrected chi connectivity index (χ0v) is 23.5. The molecule has 0 unspecified atom stereocenters. The molecule has 0 aliphatic carbocycles. The van der Waals surface area contributed by atoms with E-state index in [-0.39, 0.29) is 18.5 Å². The van der Waals surface area contributed by atoms with E-state index in [1.807, 2.05) is 20.8 Å². The van der Waals surface area contributed by atoms with Crippen LogP contribution in [0.2, 0.25) is 10.0 Å². The van der Waals surface area contributed by atoms with Gasteiger partial charge in [-0.1, -0.05) is 36.2 Å². The maximum absolute atomic E-state index is 13.6. The van der Waals surface area contributed by atoms with Crippen LogP contribution >= 0.6 is 23.2 Å². The number of anilines is 1. The molecule has 0 aliphatic rings. The highest BCUT2D eigenvalue weighted by atomic mass is 35.5. The number of ether oxygens (including phenoxy) is 1. The number of hydrogen-bond acceptors (Lipinski definition) is 5. The number of benzene rings is 2. The fourth-order valence-electron chi connectivity index (χ4n) is 3.37. The average Bonchev–Trinajstić information content (AvgIpc) is 2.81. The van der Waals surface area contributed by atoms with Crippen molar-refractivity contribution in [3.63, 3.8) is 0 Å². The predicted molar refractivity (Wildman–Crippen MR) is 144 cm³/mol. The molecule has 0 saturated heterocycles. The van der Waals surface area contributed by atoms with Crippen LogP contribution in [0.4, 0.5) is 5.69 Å². The number of sulfonamides is 1. The molecule has 2 aromatic carbocycles. The summed E-state index contributed by atoms with van der Waals surface area (Å²) in [5.74, 6) is -0.336. The Morgan fingerprint density at radius 1 is 1.06 bits per heavy atom. The summed E-state index contributed by atoms with van der Waals surface area (Å²) in [6, 6.07) is 10.3. The van der Waals surface area contributed by atoms with Crippen molar-refractivity contribution in [1.29, 1.82) is 0 Å². The molecular weight excluding hydrogens is 525 g/mol. The maximum atomic E-state index is 13.6. The molecule has 198 valence electrons. The van der Waals surface area contributed by atoms with E-state index in [1.165, 1.54) is 4.90 Å². The van der Waals surface area contributed by atoms with Crippen molar-refractivity contribution in [2.45, 2.75) is 52.7 Å². The minimum atomic E-state index is -3.83. The number of carbonyl (C=O) groups is 2. The monoisotopic (exact) mass is 557 g/mol. The van der Waals surface area contributed by atoms with Crippen LogP contribution in [0.1, 0.15) is 39.7 Å². The van der Waals surface area contributed by atoms with Gasteiger partial charge >= 0.3 is 0 Å². The number of nitrogens with zero attached hydrogens (tertiary/aromatic N) is 2. The highest BCUT2D eigenvalue weighted by Crippen LogP contribution is 2.25. The molecule has 0 aliphatic heterocycles. The first-order chi connectivity index (χ1) is 16.9. The molecule has 0 aromatic heterocycles. The first kappa shape index (κ1) is 29.7. The Morgan fingerprint density at radius 2 is 1.69 bits per heavy atom. The van der Waals surface area contributed by atoms with Crippen molar-refractivity contribution < 1.29 is 22.7 Å². The first-order valence-corrected chi connectivity index (χ1v) is 14.2.